The lowest BCUT2D eigenvalue weighted by Crippen LogP contribution is -2.35. The van der Waals surface area contributed by atoms with Crippen molar-refractivity contribution in [3.63, 3.8) is 0 Å². The second-order valence-electron chi connectivity index (χ2n) is 5.29. The molecule has 0 aliphatic rings. The van der Waals surface area contributed by atoms with E-state index in [-0.39, 0.29) is 0 Å². The molecule has 0 heterocycles. The van der Waals surface area contributed by atoms with Gasteiger partial charge in [-0.15, -0.1) is 0 Å². The third kappa shape index (κ3) is 5.76. The molecule has 0 bridgehead atoms. The first-order valence-electron chi connectivity index (χ1n) is 7.54. The Balaban J connectivity index is 1.87. The van der Waals surface area contributed by atoms with Gasteiger partial charge in [0.25, 0.3) is 5.91 Å². The summed E-state index contributed by atoms with van der Waals surface area (Å²) in [6, 6.07) is 11.8. The van der Waals surface area contributed by atoms with Crippen LogP contribution < -0.4 is 10.1 Å². The minimum Gasteiger partial charge on any atom is -0.479 e. The molecule has 2 rings (SSSR count). The normalized spacial score (nSPS) is 12.8. The van der Waals surface area contributed by atoms with Crippen molar-refractivity contribution in [2.24, 2.45) is 0 Å². The summed E-state index contributed by atoms with van der Waals surface area (Å²) in [5, 5.41) is 3.08. The highest BCUT2D eigenvalue weighted by Crippen LogP contribution is 2.16. The predicted octanol–water partition coefficient (Wildman–Crippen LogP) is 3.82. The molecule has 2 atom stereocenters. The van der Waals surface area contributed by atoms with E-state index in [1.807, 2.05) is 0 Å². The van der Waals surface area contributed by atoms with Crippen LogP contribution in [0, 0.1) is 5.82 Å². The predicted molar refractivity (Wildman–Crippen MR) is 92.1 cm³/mol. The maximum absolute atomic E-state index is 12.8. The quantitative estimate of drug-likeness (QED) is 0.790. The van der Waals surface area contributed by atoms with Gasteiger partial charge in [-0.1, -0.05) is 17.7 Å². The molecule has 0 aliphatic carbocycles. The van der Waals surface area contributed by atoms with Crippen LogP contribution in [-0.2, 0) is 14.3 Å². The van der Waals surface area contributed by atoms with Crippen molar-refractivity contribution in [1.29, 1.82) is 0 Å². The molecule has 0 aromatic heterocycles. The minimum atomic E-state index is -1.02. The molecule has 7 heteroatoms. The summed E-state index contributed by atoms with van der Waals surface area (Å²) < 4.78 is 23.3. The van der Waals surface area contributed by atoms with Crippen LogP contribution in [-0.4, -0.2) is 24.1 Å². The van der Waals surface area contributed by atoms with Crippen molar-refractivity contribution >= 4 is 29.2 Å². The molecule has 0 saturated heterocycles. The summed E-state index contributed by atoms with van der Waals surface area (Å²) in [6.45, 7) is 2.93. The van der Waals surface area contributed by atoms with Gasteiger partial charge in [0, 0.05) is 10.7 Å². The molecule has 1 amide bonds. The van der Waals surface area contributed by atoms with Gasteiger partial charge >= 0.3 is 5.97 Å². The SMILES string of the molecule is C[C@H](Oc1ccc(F)cc1)C(=O)O[C@H](C)C(=O)Nc1cccc(Cl)c1. The van der Waals surface area contributed by atoms with E-state index in [2.05, 4.69) is 5.32 Å². The van der Waals surface area contributed by atoms with E-state index in [1.165, 1.54) is 38.1 Å². The molecule has 0 unspecified atom stereocenters. The van der Waals surface area contributed by atoms with Gasteiger partial charge < -0.3 is 14.8 Å². The van der Waals surface area contributed by atoms with Gasteiger partial charge in [0.15, 0.2) is 12.2 Å². The smallest absolute Gasteiger partial charge is 0.347 e. The monoisotopic (exact) mass is 365 g/mol. The van der Waals surface area contributed by atoms with Gasteiger partial charge in [0.1, 0.15) is 11.6 Å². The van der Waals surface area contributed by atoms with E-state index in [0.29, 0.717) is 16.5 Å². The van der Waals surface area contributed by atoms with Crippen molar-refractivity contribution in [2.75, 3.05) is 5.32 Å². The largest absolute Gasteiger partial charge is 0.479 e. The minimum absolute atomic E-state index is 0.321. The third-order valence-electron chi connectivity index (χ3n) is 3.21. The standard InChI is InChI=1S/C18H17ClFNO4/c1-11(17(22)21-15-5-3-4-13(19)10-15)25-18(23)12(2)24-16-8-6-14(20)7-9-16/h3-12H,1-2H3,(H,21,22)/t11-,12+/m1/s1. The van der Waals surface area contributed by atoms with E-state index in [9.17, 15) is 14.0 Å². The lowest BCUT2D eigenvalue weighted by Gasteiger charge is -2.18. The lowest BCUT2D eigenvalue weighted by molar-refractivity contribution is -0.159. The zero-order valence-corrected chi connectivity index (χ0v) is 14.4. The third-order valence-corrected chi connectivity index (χ3v) is 3.45. The second kappa shape index (κ2) is 8.48. The van der Waals surface area contributed by atoms with Gasteiger partial charge in [0.2, 0.25) is 0 Å². The van der Waals surface area contributed by atoms with Gasteiger partial charge in [-0.2, -0.15) is 0 Å². The van der Waals surface area contributed by atoms with Crippen molar-refractivity contribution in [2.45, 2.75) is 26.1 Å². The molecule has 25 heavy (non-hydrogen) atoms. The van der Waals surface area contributed by atoms with Gasteiger partial charge in [-0.3, -0.25) is 4.79 Å². The summed E-state index contributed by atoms with van der Waals surface area (Å²) in [6.07, 6.45) is -1.97. The summed E-state index contributed by atoms with van der Waals surface area (Å²) in [5.41, 5.74) is 0.496. The molecule has 2 aromatic rings. The molecule has 5 nitrogen and oxygen atoms in total. The average Bonchev–Trinajstić information content (AvgIpc) is 2.56. The van der Waals surface area contributed by atoms with Crippen LogP contribution in [0.1, 0.15) is 13.8 Å². The Hall–Kier alpha value is -2.60. The maximum atomic E-state index is 12.8. The molecule has 0 spiro atoms. The Labute approximate surface area is 149 Å². The number of carbonyl (C=O) groups excluding carboxylic acids is 2. The van der Waals surface area contributed by atoms with Gasteiger partial charge in [-0.25, -0.2) is 9.18 Å². The highest BCUT2D eigenvalue weighted by Gasteiger charge is 2.23. The van der Waals surface area contributed by atoms with Crippen LogP contribution in [0.25, 0.3) is 0 Å². The molecule has 0 radical (unpaired) electrons. The average molecular weight is 366 g/mol. The highest BCUT2D eigenvalue weighted by atomic mass is 35.5. The lowest BCUT2D eigenvalue weighted by atomic mass is 10.3. The number of esters is 1. The van der Waals surface area contributed by atoms with Crippen LogP contribution in [0.5, 0.6) is 5.75 Å². The number of amides is 1. The summed E-state index contributed by atoms with van der Waals surface area (Å²) >= 11 is 5.84. The maximum Gasteiger partial charge on any atom is 0.347 e. The highest BCUT2D eigenvalue weighted by molar-refractivity contribution is 6.30. The van der Waals surface area contributed by atoms with Crippen molar-refractivity contribution in [3.05, 3.63) is 59.4 Å². The Morgan fingerprint density at radius 2 is 1.76 bits per heavy atom. The van der Waals surface area contributed by atoms with E-state index >= 15 is 0 Å². The Morgan fingerprint density at radius 3 is 2.40 bits per heavy atom. The van der Waals surface area contributed by atoms with Crippen LogP contribution in [0.15, 0.2) is 48.5 Å². The second-order valence-corrected chi connectivity index (χ2v) is 5.73. The number of hydrogen-bond acceptors (Lipinski definition) is 4. The summed E-state index contributed by atoms with van der Waals surface area (Å²) in [5.74, 6) is -1.29. The number of benzene rings is 2. The van der Waals surface area contributed by atoms with Crippen LogP contribution in [0.3, 0.4) is 0 Å². The first kappa shape index (κ1) is 18.7. The molecule has 0 fully saturated rings. The first-order valence-corrected chi connectivity index (χ1v) is 7.92. The molecular formula is C18H17ClFNO4. The van der Waals surface area contributed by atoms with E-state index < -0.39 is 29.9 Å². The number of anilines is 1. The zero-order valence-electron chi connectivity index (χ0n) is 13.7. The fourth-order valence-corrected chi connectivity index (χ4v) is 2.09. The molecule has 2 aromatic carbocycles. The number of hydrogen-bond donors (Lipinski definition) is 1. The first-order chi connectivity index (χ1) is 11.8. The fraction of sp³-hybridized carbons (Fsp3) is 0.222. The van der Waals surface area contributed by atoms with E-state index in [4.69, 9.17) is 21.1 Å². The van der Waals surface area contributed by atoms with E-state index in [0.717, 1.165) is 0 Å². The number of nitrogens with one attached hydrogen (secondary N) is 1. The van der Waals surface area contributed by atoms with Crippen LogP contribution >= 0.6 is 11.6 Å². The number of carbonyl (C=O) groups is 2. The number of ether oxygens (including phenoxy) is 2. The Morgan fingerprint density at radius 1 is 1.08 bits per heavy atom. The number of halogens is 2. The summed E-state index contributed by atoms with van der Waals surface area (Å²) in [4.78, 5) is 24.1. The summed E-state index contributed by atoms with van der Waals surface area (Å²) in [7, 11) is 0. The molecule has 0 aliphatic heterocycles. The van der Waals surface area contributed by atoms with Crippen LogP contribution in [0.2, 0.25) is 5.02 Å². The topological polar surface area (TPSA) is 64.6 Å². The zero-order chi connectivity index (χ0) is 18.4. The van der Waals surface area contributed by atoms with Crippen molar-refractivity contribution in [3.8, 4) is 5.75 Å². The molecular weight excluding hydrogens is 349 g/mol. The fourth-order valence-electron chi connectivity index (χ4n) is 1.90. The molecule has 1 N–H and O–H groups in total. The van der Waals surface area contributed by atoms with E-state index in [1.54, 1.807) is 24.3 Å². The van der Waals surface area contributed by atoms with Gasteiger partial charge in [0.05, 0.1) is 0 Å². The molecule has 132 valence electrons. The van der Waals surface area contributed by atoms with Gasteiger partial charge in [-0.05, 0) is 56.3 Å². The molecule has 0 saturated carbocycles. The number of rotatable bonds is 6. The van der Waals surface area contributed by atoms with Crippen LogP contribution in [0.4, 0.5) is 10.1 Å². The van der Waals surface area contributed by atoms with Crippen molar-refractivity contribution in [1.82, 2.24) is 0 Å². The van der Waals surface area contributed by atoms with Crippen molar-refractivity contribution < 1.29 is 23.5 Å². The Bertz CT molecular complexity index is 751. The Kier molecular flexibility index (Phi) is 6.36.